The van der Waals surface area contributed by atoms with Crippen molar-refractivity contribution in [2.45, 2.75) is 97.7 Å². The summed E-state index contributed by atoms with van der Waals surface area (Å²) in [6, 6.07) is 8.53. The van der Waals surface area contributed by atoms with Crippen LogP contribution in [0.25, 0.3) is 0 Å². The van der Waals surface area contributed by atoms with Crippen LogP contribution in [0.4, 0.5) is 9.59 Å². The molecule has 1 aliphatic heterocycles. The van der Waals surface area contributed by atoms with Gasteiger partial charge in [0.25, 0.3) is 0 Å². The van der Waals surface area contributed by atoms with Crippen LogP contribution in [-0.4, -0.2) is 72.3 Å². The Morgan fingerprint density at radius 3 is 2.05 bits per heavy atom. The Morgan fingerprint density at radius 1 is 0.973 bits per heavy atom. The van der Waals surface area contributed by atoms with Crippen molar-refractivity contribution in [3.8, 4) is 0 Å². The van der Waals surface area contributed by atoms with E-state index in [9.17, 15) is 14.4 Å². The quantitative estimate of drug-likeness (QED) is 0.375. The maximum absolute atomic E-state index is 13.4. The molecular weight excluding hydrogens is 478 g/mol. The molecule has 208 valence electrons. The lowest BCUT2D eigenvalue weighted by Gasteiger charge is -2.32. The van der Waals surface area contributed by atoms with Crippen LogP contribution in [0.1, 0.15) is 67.4 Å². The van der Waals surface area contributed by atoms with Gasteiger partial charge >= 0.3 is 18.2 Å². The molecule has 0 saturated carbocycles. The van der Waals surface area contributed by atoms with Crippen molar-refractivity contribution in [1.29, 1.82) is 0 Å². The molecule has 0 aliphatic carbocycles. The number of carbonyl (C=O) groups excluding carboxylic acids is 3. The zero-order chi connectivity index (χ0) is 27.8. The van der Waals surface area contributed by atoms with Crippen LogP contribution in [-0.2, 0) is 34.9 Å². The van der Waals surface area contributed by atoms with E-state index in [-0.39, 0.29) is 19.1 Å². The smallest absolute Gasteiger partial charge is 0.420 e. The highest BCUT2D eigenvalue weighted by atomic mass is 16.6. The number of hydrogen-bond acceptors (Lipinski definition) is 8. The molecule has 1 aromatic carbocycles. The van der Waals surface area contributed by atoms with Crippen LogP contribution in [0.5, 0.6) is 0 Å². The summed E-state index contributed by atoms with van der Waals surface area (Å²) < 4.78 is 28.8. The van der Waals surface area contributed by atoms with Gasteiger partial charge in [-0.1, -0.05) is 37.3 Å². The van der Waals surface area contributed by atoms with Gasteiger partial charge in [-0.3, -0.25) is 0 Å². The summed E-state index contributed by atoms with van der Waals surface area (Å²) >= 11 is 0. The van der Waals surface area contributed by atoms with Crippen molar-refractivity contribution in [3.05, 3.63) is 35.9 Å². The highest BCUT2D eigenvalue weighted by Gasteiger charge is 2.44. The molecular formula is C28H43NO8. The number of imide groups is 1. The van der Waals surface area contributed by atoms with Crippen LogP contribution in [0.15, 0.2) is 30.3 Å². The first-order chi connectivity index (χ1) is 17.2. The van der Waals surface area contributed by atoms with Crippen LogP contribution < -0.4 is 0 Å². The Hall–Kier alpha value is -2.65. The van der Waals surface area contributed by atoms with E-state index in [0.29, 0.717) is 17.9 Å². The predicted octanol–water partition coefficient (Wildman–Crippen LogP) is 5.14. The summed E-state index contributed by atoms with van der Waals surface area (Å²) in [6.07, 6.45) is -1.69. The average Bonchev–Trinajstić information content (AvgIpc) is 2.80. The third-order valence-corrected chi connectivity index (χ3v) is 5.46. The van der Waals surface area contributed by atoms with Gasteiger partial charge in [0.15, 0.2) is 6.04 Å². The second kappa shape index (κ2) is 13.2. The molecule has 0 N–H and O–H groups in total. The van der Waals surface area contributed by atoms with Gasteiger partial charge in [-0.05, 0) is 66.9 Å². The first kappa shape index (κ1) is 30.6. The van der Waals surface area contributed by atoms with Crippen molar-refractivity contribution in [1.82, 2.24) is 4.90 Å². The van der Waals surface area contributed by atoms with E-state index in [1.165, 1.54) is 0 Å². The van der Waals surface area contributed by atoms with E-state index in [0.717, 1.165) is 12.0 Å². The standard InChI is InChI=1S/C28H43NO8/c1-9-15-34-23-19(2)35-24(30)22(18-33-17-21(23)16-20-13-11-10-12-14-20)29(25(31)36-27(3,4)5)26(32)37-28(6,7)8/h10-14,19,21-23H,9,15-18H2,1-8H3. The molecule has 9 nitrogen and oxygen atoms in total. The van der Waals surface area contributed by atoms with Gasteiger partial charge in [0.1, 0.15) is 17.3 Å². The summed E-state index contributed by atoms with van der Waals surface area (Å²) in [5, 5.41) is 0. The van der Waals surface area contributed by atoms with Crippen LogP contribution >= 0.6 is 0 Å². The summed E-state index contributed by atoms with van der Waals surface area (Å²) in [4.78, 5) is 40.3. The van der Waals surface area contributed by atoms with E-state index < -0.39 is 47.6 Å². The first-order valence-corrected chi connectivity index (χ1v) is 12.9. The topological polar surface area (TPSA) is 101 Å². The molecule has 1 saturated heterocycles. The number of hydrogen-bond donors (Lipinski definition) is 0. The van der Waals surface area contributed by atoms with E-state index in [4.69, 9.17) is 23.7 Å². The number of rotatable bonds is 6. The fourth-order valence-corrected chi connectivity index (χ4v) is 3.95. The Balaban J connectivity index is 2.38. The monoisotopic (exact) mass is 521 g/mol. The maximum Gasteiger partial charge on any atom is 0.420 e. The fraction of sp³-hybridized carbons (Fsp3) is 0.679. The molecule has 1 aliphatic rings. The van der Waals surface area contributed by atoms with Crippen molar-refractivity contribution in [2.24, 2.45) is 5.92 Å². The molecule has 0 radical (unpaired) electrons. The predicted molar refractivity (Wildman–Crippen MR) is 138 cm³/mol. The molecule has 2 rings (SSSR count). The van der Waals surface area contributed by atoms with E-state index >= 15 is 0 Å². The minimum atomic E-state index is -1.39. The molecule has 0 spiro atoms. The van der Waals surface area contributed by atoms with Gasteiger partial charge in [0, 0.05) is 12.5 Å². The Kier molecular flexibility index (Phi) is 10.9. The lowest BCUT2D eigenvalue weighted by Crippen LogP contribution is -2.54. The van der Waals surface area contributed by atoms with Crippen molar-refractivity contribution in [3.63, 3.8) is 0 Å². The maximum atomic E-state index is 13.4. The van der Waals surface area contributed by atoms with Crippen molar-refractivity contribution in [2.75, 3.05) is 19.8 Å². The van der Waals surface area contributed by atoms with Gasteiger partial charge < -0.3 is 23.7 Å². The summed E-state index contributed by atoms with van der Waals surface area (Å²) in [5.74, 6) is -0.929. The number of amides is 2. The third-order valence-electron chi connectivity index (χ3n) is 5.46. The minimum absolute atomic E-state index is 0.132. The third kappa shape index (κ3) is 9.97. The normalized spacial score (nSPS) is 23.2. The SMILES string of the molecule is CCCOC1C(Cc2ccccc2)COCC(N(C(=O)OC(C)(C)C)C(=O)OC(C)(C)C)C(=O)OC1C. The summed E-state index contributed by atoms with van der Waals surface area (Å²) in [6.45, 7) is 14.2. The number of carbonyl (C=O) groups is 3. The van der Waals surface area contributed by atoms with E-state index in [1.54, 1.807) is 48.5 Å². The molecule has 0 bridgehead atoms. The first-order valence-electron chi connectivity index (χ1n) is 12.9. The van der Waals surface area contributed by atoms with Crippen molar-refractivity contribution >= 4 is 18.2 Å². The zero-order valence-corrected chi connectivity index (χ0v) is 23.4. The highest BCUT2D eigenvalue weighted by molar-refractivity contribution is 5.94. The summed E-state index contributed by atoms with van der Waals surface area (Å²) in [5.41, 5.74) is -0.721. The lowest BCUT2D eigenvalue weighted by atomic mass is 9.91. The average molecular weight is 522 g/mol. The Morgan fingerprint density at radius 2 is 1.54 bits per heavy atom. The number of cyclic esters (lactones) is 1. The van der Waals surface area contributed by atoms with E-state index in [1.807, 2.05) is 37.3 Å². The molecule has 4 atom stereocenters. The molecule has 1 aromatic rings. The highest BCUT2D eigenvalue weighted by Crippen LogP contribution is 2.25. The number of esters is 1. The van der Waals surface area contributed by atoms with Gasteiger partial charge in [-0.15, -0.1) is 0 Å². The molecule has 4 unspecified atom stereocenters. The Labute approximate surface area is 220 Å². The largest absolute Gasteiger partial charge is 0.458 e. The Bertz CT molecular complexity index is 862. The van der Waals surface area contributed by atoms with Crippen LogP contribution in [0.2, 0.25) is 0 Å². The van der Waals surface area contributed by atoms with Gasteiger partial charge in [0.05, 0.1) is 19.3 Å². The molecule has 0 aromatic heterocycles. The van der Waals surface area contributed by atoms with Gasteiger partial charge in [0.2, 0.25) is 0 Å². The molecule has 1 fully saturated rings. The van der Waals surface area contributed by atoms with Gasteiger partial charge in [-0.2, -0.15) is 4.90 Å². The second-order valence-electron chi connectivity index (χ2n) is 11.3. The number of nitrogens with zero attached hydrogens (tertiary/aromatic N) is 1. The minimum Gasteiger partial charge on any atom is -0.458 e. The van der Waals surface area contributed by atoms with Crippen molar-refractivity contribution < 1.29 is 38.1 Å². The zero-order valence-electron chi connectivity index (χ0n) is 23.4. The lowest BCUT2D eigenvalue weighted by molar-refractivity contribution is -0.163. The van der Waals surface area contributed by atoms with E-state index in [2.05, 4.69) is 0 Å². The fourth-order valence-electron chi connectivity index (χ4n) is 3.95. The van der Waals surface area contributed by atoms with Crippen LogP contribution in [0.3, 0.4) is 0 Å². The number of benzene rings is 1. The van der Waals surface area contributed by atoms with Gasteiger partial charge in [-0.25, -0.2) is 14.4 Å². The molecule has 9 heteroatoms. The summed E-state index contributed by atoms with van der Waals surface area (Å²) in [7, 11) is 0. The number of ether oxygens (including phenoxy) is 5. The molecule has 1 heterocycles. The molecule has 37 heavy (non-hydrogen) atoms. The molecule has 2 amide bonds. The second-order valence-corrected chi connectivity index (χ2v) is 11.3. The van der Waals surface area contributed by atoms with Crippen LogP contribution in [0, 0.1) is 5.92 Å².